The van der Waals surface area contributed by atoms with E-state index in [-0.39, 0.29) is 17.8 Å². The molecule has 0 bridgehead atoms. The second-order valence-corrected chi connectivity index (χ2v) is 10.5. The van der Waals surface area contributed by atoms with Crippen LogP contribution in [0.3, 0.4) is 0 Å². The third-order valence-corrected chi connectivity index (χ3v) is 8.23. The van der Waals surface area contributed by atoms with Gasteiger partial charge in [0.05, 0.1) is 24.2 Å². The van der Waals surface area contributed by atoms with Crippen molar-refractivity contribution in [3.05, 3.63) is 51.2 Å². The van der Waals surface area contributed by atoms with Crippen LogP contribution in [0.1, 0.15) is 52.4 Å². The maximum atomic E-state index is 13.1. The molecule has 2 aliphatic rings. The Kier molecular flexibility index (Phi) is 7.17. The van der Waals surface area contributed by atoms with E-state index in [1.807, 2.05) is 18.2 Å². The highest BCUT2D eigenvalue weighted by molar-refractivity contribution is 7.17. The molecule has 0 atom stereocenters. The Balaban J connectivity index is 1.19. The molecule has 3 heterocycles. The maximum Gasteiger partial charge on any atom is 0.341 e. The molecule has 3 aromatic rings. The fraction of sp³-hybridized carbons (Fsp3) is 0.440. The number of esters is 1. The third kappa shape index (κ3) is 5.12. The number of hydrogen-bond acceptors (Lipinski definition) is 8. The minimum absolute atomic E-state index is 0.0350. The van der Waals surface area contributed by atoms with Crippen molar-refractivity contribution in [3.63, 3.8) is 0 Å². The van der Waals surface area contributed by atoms with Gasteiger partial charge in [-0.1, -0.05) is 28.9 Å². The van der Waals surface area contributed by atoms with E-state index in [4.69, 9.17) is 20.9 Å². The summed E-state index contributed by atoms with van der Waals surface area (Å²) in [5.41, 5.74) is 2.33. The van der Waals surface area contributed by atoms with Crippen LogP contribution in [0.4, 0.5) is 5.00 Å². The molecule has 1 aliphatic heterocycles. The number of hydrogen-bond donors (Lipinski definition) is 1. The first-order chi connectivity index (χ1) is 17.0. The van der Waals surface area contributed by atoms with Crippen LogP contribution in [0.15, 0.2) is 28.8 Å². The van der Waals surface area contributed by atoms with Gasteiger partial charge in [-0.25, -0.2) is 4.79 Å². The number of anilines is 1. The maximum absolute atomic E-state index is 13.1. The van der Waals surface area contributed by atoms with Crippen LogP contribution in [-0.4, -0.2) is 47.1 Å². The summed E-state index contributed by atoms with van der Waals surface area (Å²) in [5, 5.41) is 8.32. The van der Waals surface area contributed by atoms with Gasteiger partial charge in [0.15, 0.2) is 0 Å². The monoisotopic (exact) mass is 514 g/mol. The summed E-state index contributed by atoms with van der Waals surface area (Å²) in [5.74, 6) is 0.476. The number of nitrogens with one attached hydrogen (secondary N) is 1. The number of halogens is 1. The van der Waals surface area contributed by atoms with Crippen LogP contribution < -0.4 is 5.32 Å². The summed E-state index contributed by atoms with van der Waals surface area (Å²) >= 11 is 7.76. The topological polar surface area (TPSA) is 97.6 Å². The summed E-state index contributed by atoms with van der Waals surface area (Å²) in [4.78, 5) is 33.4. The van der Waals surface area contributed by atoms with Gasteiger partial charge in [0, 0.05) is 16.4 Å². The second-order valence-electron chi connectivity index (χ2n) is 8.94. The van der Waals surface area contributed by atoms with E-state index in [9.17, 15) is 9.59 Å². The Morgan fingerprint density at radius 2 is 2.00 bits per heavy atom. The van der Waals surface area contributed by atoms with Crippen molar-refractivity contribution >= 4 is 39.8 Å². The molecule has 0 saturated carbocycles. The fourth-order valence-corrected chi connectivity index (χ4v) is 6.30. The van der Waals surface area contributed by atoms with E-state index in [0.717, 1.165) is 62.7 Å². The summed E-state index contributed by atoms with van der Waals surface area (Å²) in [6, 6.07) is 7.39. The van der Waals surface area contributed by atoms with Gasteiger partial charge in [0.25, 0.3) is 0 Å². The number of carbonyl (C=O) groups excluding carboxylic acids is 2. The summed E-state index contributed by atoms with van der Waals surface area (Å²) in [6.45, 7) is 2.01. The lowest BCUT2D eigenvalue weighted by Gasteiger charge is -2.30. The predicted molar refractivity (Wildman–Crippen MR) is 134 cm³/mol. The van der Waals surface area contributed by atoms with Crippen LogP contribution in [0.25, 0.3) is 11.4 Å². The number of thiophene rings is 1. The molecule has 1 aromatic carbocycles. The number of carbonyl (C=O) groups is 2. The van der Waals surface area contributed by atoms with Gasteiger partial charge in [0.2, 0.25) is 17.6 Å². The zero-order chi connectivity index (χ0) is 24.4. The number of aromatic nitrogens is 2. The molecular formula is C25H27ClN4O4S. The molecule has 5 rings (SSSR count). The van der Waals surface area contributed by atoms with Crippen LogP contribution >= 0.6 is 22.9 Å². The number of nitrogens with zero attached hydrogens (tertiary/aromatic N) is 3. The van der Waals surface area contributed by atoms with Crippen LogP contribution in [-0.2, 0) is 28.9 Å². The highest BCUT2D eigenvalue weighted by atomic mass is 35.5. The van der Waals surface area contributed by atoms with Gasteiger partial charge < -0.3 is 14.6 Å². The Labute approximate surface area is 212 Å². The predicted octanol–water partition coefficient (Wildman–Crippen LogP) is 4.97. The molecule has 2 aromatic heterocycles. The van der Waals surface area contributed by atoms with E-state index < -0.39 is 0 Å². The summed E-state index contributed by atoms with van der Waals surface area (Å²) in [7, 11) is 1.39. The van der Waals surface area contributed by atoms with Crippen LogP contribution in [0, 0.1) is 5.92 Å². The molecule has 10 heteroatoms. The molecule has 0 spiro atoms. The fourth-order valence-electron chi connectivity index (χ4n) is 4.80. The van der Waals surface area contributed by atoms with Gasteiger partial charge >= 0.3 is 5.97 Å². The molecule has 35 heavy (non-hydrogen) atoms. The lowest BCUT2D eigenvalue weighted by atomic mass is 9.94. The smallest absolute Gasteiger partial charge is 0.341 e. The van der Waals surface area contributed by atoms with Crippen molar-refractivity contribution < 1.29 is 18.8 Å². The Hall–Kier alpha value is -2.75. The van der Waals surface area contributed by atoms with E-state index in [2.05, 4.69) is 20.4 Å². The van der Waals surface area contributed by atoms with Gasteiger partial charge in [-0.3, -0.25) is 9.69 Å². The van der Waals surface area contributed by atoms with Gasteiger partial charge in [-0.15, -0.1) is 11.3 Å². The quantitative estimate of drug-likeness (QED) is 0.464. The number of ether oxygens (including phenoxy) is 1. The number of piperidine rings is 1. The third-order valence-electron chi connectivity index (χ3n) is 6.70. The van der Waals surface area contributed by atoms with Crippen molar-refractivity contribution in [2.75, 3.05) is 25.5 Å². The highest BCUT2D eigenvalue weighted by Crippen LogP contribution is 2.39. The first-order valence-corrected chi connectivity index (χ1v) is 13.1. The lowest BCUT2D eigenvalue weighted by molar-refractivity contribution is -0.121. The Morgan fingerprint density at radius 3 is 2.77 bits per heavy atom. The van der Waals surface area contributed by atoms with Crippen LogP contribution in [0.5, 0.6) is 0 Å². The van der Waals surface area contributed by atoms with Crippen molar-refractivity contribution in [1.82, 2.24) is 15.0 Å². The number of amides is 1. The van der Waals surface area contributed by atoms with E-state index in [1.54, 1.807) is 6.07 Å². The number of methoxy groups -OCH3 is 1. The lowest BCUT2D eigenvalue weighted by Crippen LogP contribution is -2.37. The number of fused-ring (bicyclic) bond motifs is 1. The van der Waals surface area contributed by atoms with E-state index in [0.29, 0.717) is 33.8 Å². The number of rotatable bonds is 6. The second kappa shape index (κ2) is 10.5. The SMILES string of the molecule is COC(=O)c1c(NC(=O)C2CCN(Cc3nc(-c4ccccc4Cl)no3)CC2)sc2c1CCCC2. The van der Waals surface area contributed by atoms with Crippen molar-refractivity contribution in [3.8, 4) is 11.4 Å². The molecule has 1 N–H and O–H groups in total. The van der Waals surface area contributed by atoms with Gasteiger partial charge in [-0.05, 0) is 69.3 Å². The molecule has 0 unspecified atom stereocenters. The van der Waals surface area contributed by atoms with Crippen LogP contribution in [0.2, 0.25) is 5.02 Å². The van der Waals surface area contributed by atoms with E-state index >= 15 is 0 Å². The molecule has 0 radical (unpaired) electrons. The molecule has 1 fully saturated rings. The van der Waals surface area contributed by atoms with Crippen molar-refractivity contribution in [1.29, 1.82) is 0 Å². The normalized spacial score (nSPS) is 16.6. The van der Waals surface area contributed by atoms with Crippen molar-refractivity contribution in [2.45, 2.75) is 45.1 Å². The molecular weight excluding hydrogens is 488 g/mol. The largest absolute Gasteiger partial charge is 0.465 e. The minimum atomic E-state index is -0.370. The molecule has 1 saturated heterocycles. The highest BCUT2D eigenvalue weighted by Gasteiger charge is 2.30. The van der Waals surface area contributed by atoms with Gasteiger partial charge in [-0.2, -0.15) is 4.98 Å². The minimum Gasteiger partial charge on any atom is -0.465 e. The first kappa shape index (κ1) is 24.0. The zero-order valence-electron chi connectivity index (χ0n) is 19.5. The Bertz CT molecular complexity index is 1230. The molecule has 184 valence electrons. The standard InChI is InChI=1S/C25H27ClN4O4S/c1-33-25(32)21-17-7-3-5-9-19(17)35-24(21)28-23(31)15-10-12-30(13-11-15)14-20-27-22(29-34-20)16-6-2-4-8-18(16)26/h2,4,6,8,15H,3,5,7,9-14H2,1H3,(H,28,31). The number of benzene rings is 1. The van der Waals surface area contributed by atoms with Gasteiger partial charge in [0.1, 0.15) is 5.00 Å². The zero-order valence-corrected chi connectivity index (χ0v) is 21.1. The summed E-state index contributed by atoms with van der Waals surface area (Å²) in [6.07, 6.45) is 5.41. The van der Waals surface area contributed by atoms with E-state index in [1.165, 1.54) is 23.3 Å². The molecule has 1 amide bonds. The average Bonchev–Trinajstić information content (AvgIpc) is 3.48. The molecule has 1 aliphatic carbocycles. The molecule has 8 nitrogen and oxygen atoms in total. The number of likely N-dealkylation sites (tertiary alicyclic amines) is 1. The summed E-state index contributed by atoms with van der Waals surface area (Å²) < 4.78 is 10.5. The average molecular weight is 515 g/mol. The number of aryl methyl sites for hydroxylation is 1. The first-order valence-electron chi connectivity index (χ1n) is 11.9. The Morgan fingerprint density at radius 1 is 1.23 bits per heavy atom. The van der Waals surface area contributed by atoms with Crippen molar-refractivity contribution in [2.24, 2.45) is 5.92 Å².